The van der Waals surface area contributed by atoms with Crippen molar-refractivity contribution < 1.29 is 13.2 Å². The number of para-hydroxylation sites is 2. The fourth-order valence-corrected chi connectivity index (χ4v) is 4.55. The molecule has 0 unspecified atom stereocenters. The molecule has 0 saturated carbocycles. The van der Waals surface area contributed by atoms with Crippen LogP contribution in [0.2, 0.25) is 0 Å². The molecule has 4 rings (SSSR count). The molecule has 1 fully saturated rings. The normalized spacial score (nSPS) is 18.0. The molecule has 1 aliphatic heterocycles. The minimum absolute atomic E-state index is 0.297. The summed E-state index contributed by atoms with van der Waals surface area (Å²) < 4.78 is 24.9. The van der Waals surface area contributed by atoms with Crippen molar-refractivity contribution in [2.45, 2.75) is 18.9 Å². The van der Waals surface area contributed by atoms with E-state index in [0.717, 1.165) is 28.7 Å². The van der Waals surface area contributed by atoms with Crippen molar-refractivity contribution in [3.05, 3.63) is 48.5 Å². The zero-order valence-corrected chi connectivity index (χ0v) is 15.7. The highest BCUT2D eigenvalue weighted by Crippen LogP contribution is 2.24. The van der Waals surface area contributed by atoms with Gasteiger partial charge in [0.05, 0.1) is 17.3 Å². The largest absolute Gasteiger partial charge is 0.338 e. The SMILES string of the molecule is CS(=O)(=O)N1CCC[C@H]1C(=O)Nc1ccc(-c2nc3ccccc3[nH]2)cc1. The van der Waals surface area contributed by atoms with Crippen molar-refractivity contribution in [3.63, 3.8) is 0 Å². The van der Waals surface area contributed by atoms with E-state index in [1.165, 1.54) is 4.31 Å². The lowest BCUT2D eigenvalue weighted by Crippen LogP contribution is -2.42. The lowest BCUT2D eigenvalue weighted by atomic mass is 10.1. The molecule has 140 valence electrons. The molecular weight excluding hydrogens is 364 g/mol. The summed E-state index contributed by atoms with van der Waals surface area (Å²) in [6.07, 6.45) is 2.37. The number of nitrogens with one attached hydrogen (secondary N) is 2. The summed E-state index contributed by atoms with van der Waals surface area (Å²) >= 11 is 0. The number of anilines is 1. The van der Waals surface area contributed by atoms with Gasteiger partial charge < -0.3 is 10.3 Å². The predicted molar refractivity (Wildman–Crippen MR) is 105 cm³/mol. The number of H-pyrrole nitrogens is 1. The Hall–Kier alpha value is -2.71. The summed E-state index contributed by atoms with van der Waals surface area (Å²) in [7, 11) is -3.38. The van der Waals surface area contributed by atoms with Crippen LogP contribution < -0.4 is 5.32 Å². The number of aromatic amines is 1. The maximum Gasteiger partial charge on any atom is 0.242 e. The van der Waals surface area contributed by atoms with Crippen molar-refractivity contribution in [3.8, 4) is 11.4 Å². The van der Waals surface area contributed by atoms with E-state index in [2.05, 4.69) is 15.3 Å². The van der Waals surface area contributed by atoms with Gasteiger partial charge in [0.1, 0.15) is 11.9 Å². The van der Waals surface area contributed by atoms with Crippen LogP contribution in [0.3, 0.4) is 0 Å². The van der Waals surface area contributed by atoms with Crippen LogP contribution in [0.1, 0.15) is 12.8 Å². The van der Waals surface area contributed by atoms with Crippen molar-refractivity contribution in [2.75, 3.05) is 18.1 Å². The zero-order valence-electron chi connectivity index (χ0n) is 14.8. The van der Waals surface area contributed by atoms with Crippen molar-refractivity contribution in [1.29, 1.82) is 0 Å². The van der Waals surface area contributed by atoms with Gasteiger partial charge >= 0.3 is 0 Å². The second kappa shape index (κ2) is 6.79. The van der Waals surface area contributed by atoms with Crippen LogP contribution in [-0.4, -0.2) is 47.4 Å². The molecule has 2 N–H and O–H groups in total. The van der Waals surface area contributed by atoms with E-state index in [9.17, 15) is 13.2 Å². The quantitative estimate of drug-likeness (QED) is 0.723. The zero-order chi connectivity index (χ0) is 19.0. The first kappa shape index (κ1) is 17.7. The lowest BCUT2D eigenvalue weighted by molar-refractivity contribution is -0.119. The molecule has 2 heterocycles. The molecule has 8 heteroatoms. The van der Waals surface area contributed by atoms with Gasteiger partial charge in [-0.1, -0.05) is 12.1 Å². The minimum Gasteiger partial charge on any atom is -0.338 e. The first-order valence-corrected chi connectivity index (χ1v) is 10.6. The summed E-state index contributed by atoms with van der Waals surface area (Å²) in [5.41, 5.74) is 3.39. The summed E-state index contributed by atoms with van der Waals surface area (Å²) in [6, 6.07) is 14.5. The Kier molecular flexibility index (Phi) is 4.45. The lowest BCUT2D eigenvalue weighted by Gasteiger charge is -2.21. The molecule has 0 bridgehead atoms. The predicted octanol–water partition coefficient (Wildman–Crippen LogP) is 2.59. The summed E-state index contributed by atoms with van der Waals surface area (Å²) in [6.45, 7) is 0.391. The van der Waals surface area contributed by atoms with Gasteiger partial charge in [0.25, 0.3) is 0 Å². The summed E-state index contributed by atoms with van der Waals surface area (Å²) in [4.78, 5) is 20.3. The fraction of sp³-hybridized carbons (Fsp3) is 0.263. The molecule has 7 nitrogen and oxygen atoms in total. The Morgan fingerprint density at radius 2 is 1.93 bits per heavy atom. The standard InChI is InChI=1S/C19H20N4O3S/c1-27(25,26)23-12-4-7-17(23)19(24)20-14-10-8-13(9-11-14)18-21-15-5-2-3-6-16(15)22-18/h2-3,5-6,8-11,17H,4,7,12H2,1H3,(H,20,24)(H,21,22)/t17-/m0/s1. The smallest absolute Gasteiger partial charge is 0.242 e. The number of aromatic nitrogens is 2. The minimum atomic E-state index is -3.38. The van der Waals surface area contributed by atoms with Crippen LogP contribution in [0.4, 0.5) is 5.69 Å². The molecule has 1 aromatic heterocycles. The second-order valence-corrected chi connectivity index (χ2v) is 8.64. The van der Waals surface area contributed by atoms with Gasteiger partial charge in [0.2, 0.25) is 15.9 Å². The first-order valence-electron chi connectivity index (χ1n) is 8.75. The van der Waals surface area contributed by atoms with Crippen LogP contribution in [0, 0.1) is 0 Å². The maximum absolute atomic E-state index is 12.5. The average Bonchev–Trinajstić information content (AvgIpc) is 3.29. The van der Waals surface area contributed by atoms with E-state index in [1.54, 1.807) is 12.1 Å². The fourth-order valence-electron chi connectivity index (χ4n) is 3.43. The maximum atomic E-state index is 12.5. The highest BCUT2D eigenvalue weighted by molar-refractivity contribution is 7.88. The second-order valence-electron chi connectivity index (χ2n) is 6.70. The number of benzene rings is 2. The highest BCUT2D eigenvalue weighted by Gasteiger charge is 2.36. The third-order valence-corrected chi connectivity index (χ3v) is 6.04. The van der Waals surface area contributed by atoms with Crippen molar-refractivity contribution >= 4 is 32.7 Å². The van der Waals surface area contributed by atoms with Gasteiger partial charge in [0, 0.05) is 17.8 Å². The summed E-state index contributed by atoms with van der Waals surface area (Å²) in [5.74, 6) is 0.461. The number of carbonyl (C=O) groups excluding carboxylic acids is 1. The van der Waals surface area contributed by atoms with Gasteiger partial charge in [-0.25, -0.2) is 13.4 Å². The average molecular weight is 384 g/mol. The van der Waals surface area contributed by atoms with E-state index in [-0.39, 0.29) is 5.91 Å². The number of fused-ring (bicyclic) bond motifs is 1. The number of imidazole rings is 1. The summed E-state index contributed by atoms with van der Waals surface area (Å²) in [5, 5.41) is 2.82. The number of hydrogen-bond donors (Lipinski definition) is 2. The molecule has 0 aliphatic carbocycles. The number of sulfonamides is 1. The van der Waals surface area contributed by atoms with Crippen LogP contribution in [-0.2, 0) is 14.8 Å². The van der Waals surface area contributed by atoms with Gasteiger partial charge in [-0.15, -0.1) is 0 Å². The van der Waals surface area contributed by atoms with Crippen LogP contribution in [0.25, 0.3) is 22.4 Å². The van der Waals surface area contributed by atoms with Crippen LogP contribution in [0.15, 0.2) is 48.5 Å². The number of hydrogen-bond acceptors (Lipinski definition) is 4. The number of carbonyl (C=O) groups is 1. The third kappa shape index (κ3) is 3.58. The van der Waals surface area contributed by atoms with Crippen molar-refractivity contribution in [2.24, 2.45) is 0 Å². The molecule has 1 saturated heterocycles. The Morgan fingerprint density at radius 1 is 1.19 bits per heavy atom. The highest BCUT2D eigenvalue weighted by atomic mass is 32.2. The van der Waals surface area contributed by atoms with Crippen LogP contribution in [0.5, 0.6) is 0 Å². The van der Waals surface area contributed by atoms with E-state index >= 15 is 0 Å². The topological polar surface area (TPSA) is 95.2 Å². The van der Waals surface area contributed by atoms with E-state index < -0.39 is 16.1 Å². The third-order valence-electron chi connectivity index (χ3n) is 4.75. The Bertz CT molecular complexity index is 1060. The van der Waals surface area contributed by atoms with Gasteiger partial charge in [0.15, 0.2) is 0 Å². The van der Waals surface area contributed by atoms with Gasteiger partial charge in [-0.05, 0) is 49.2 Å². The first-order chi connectivity index (χ1) is 12.9. The molecule has 1 amide bonds. The molecular formula is C19H20N4O3S. The number of nitrogens with zero attached hydrogens (tertiary/aromatic N) is 2. The molecule has 2 aromatic carbocycles. The van der Waals surface area contributed by atoms with Crippen LogP contribution >= 0.6 is 0 Å². The van der Waals surface area contributed by atoms with Gasteiger partial charge in [-0.3, -0.25) is 4.79 Å². The number of amides is 1. The molecule has 3 aromatic rings. The molecule has 1 aliphatic rings. The molecule has 1 atom stereocenters. The Balaban J connectivity index is 1.50. The van der Waals surface area contributed by atoms with E-state index in [0.29, 0.717) is 25.1 Å². The van der Waals surface area contributed by atoms with Crippen molar-refractivity contribution in [1.82, 2.24) is 14.3 Å². The molecule has 0 spiro atoms. The van der Waals surface area contributed by atoms with Gasteiger partial charge in [-0.2, -0.15) is 4.31 Å². The monoisotopic (exact) mass is 384 g/mol. The Labute approximate surface area is 157 Å². The van der Waals surface area contributed by atoms with E-state index in [1.807, 2.05) is 36.4 Å². The van der Waals surface area contributed by atoms with E-state index in [4.69, 9.17) is 0 Å². The Morgan fingerprint density at radius 3 is 2.63 bits per heavy atom. The number of rotatable bonds is 4. The molecule has 27 heavy (non-hydrogen) atoms. The molecule has 0 radical (unpaired) electrons.